The fourth-order valence-electron chi connectivity index (χ4n) is 4.14. The number of hydrogen-bond acceptors (Lipinski definition) is 5. The quantitative estimate of drug-likeness (QED) is 0.378. The van der Waals surface area contributed by atoms with Gasteiger partial charge in [-0.3, -0.25) is 14.2 Å². The minimum Gasteiger partial charge on any atom is -0.323 e. The second kappa shape index (κ2) is 9.62. The van der Waals surface area contributed by atoms with E-state index >= 15 is 0 Å². The number of amides is 2. The minimum absolute atomic E-state index is 0.00679. The molecule has 1 aromatic heterocycles. The smallest absolute Gasteiger partial charge is 0.244 e. The molecule has 0 unspecified atom stereocenters. The summed E-state index contributed by atoms with van der Waals surface area (Å²) in [5.74, 6) is 0.455. The summed E-state index contributed by atoms with van der Waals surface area (Å²) in [5, 5.41) is 12.4. The first-order chi connectivity index (χ1) is 17.3. The lowest BCUT2D eigenvalue weighted by molar-refractivity contribution is -0.120. The number of para-hydroxylation sites is 3. The van der Waals surface area contributed by atoms with Gasteiger partial charge in [0.05, 0.1) is 17.1 Å². The molecule has 3 aromatic carbocycles. The predicted molar refractivity (Wildman–Crippen MR) is 144 cm³/mol. The summed E-state index contributed by atoms with van der Waals surface area (Å²) in [4.78, 5) is 26.9. The third-order valence-electron chi connectivity index (χ3n) is 6.05. The maximum atomic E-state index is 13.2. The number of aromatic nitrogens is 3. The number of carbonyl (C=O) groups excluding carboxylic acids is 2. The summed E-state index contributed by atoms with van der Waals surface area (Å²) < 4.78 is 1.97. The molecule has 0 atom stereocenters. The third kappa shape index (κ3) is 4.77. The largest absolute Gasteiger partial charge is 0.323 e. The van der Waals surface area contributed by atoms with Crippen molar-refractivity contribution < 1.29 is 9.59 Å². The van der Waals surface area contributed by atoms with E-state index in [1.54, 1.807) is 6.07 Å². The Kier molecular flexibility index (Phi) is 6.36. The van der Waals surface area contributed by atoms with E-state index in [1.807, 2.05) is 53.1 Å². The first-order valence-electron chi connectivity index (χ1n) is 11.7. The van der Waals surface area contributed by atoms with E-state index in [1.165, 1.54) is 22.2 Å². The zero-order chi connectivity index (χ0) is 25.3. The van der Waals surface area contributed by atoms with E-state index in [2.05, 4.69) is 60.6 Å². The van der Waals surface area contributed by atoms with E-state index in [9.17, 15) is 9.59 Å². The SMILES string of the molecule is CC(C)(C)c1ccc(-c2nnc(SCC(=O)N3CC(=O)Nc4ccccc43)n2-c2ccccc2)cc1. The Hall–Kier alpha value is -3.91. The second-order valence-electron chi connectivity index (χ2n) is 9.64. The molecule has 0 bridgehead atoms. The van der Waals surface area contributed by atoms with Gasteiger partial charge in [0, 0.05) is 11.3 Å². The van der Waals surface area contributed by atoms with Crippen LogP contribution in [0.5, 0.6) is 0 Å². The molecule has 0 spiro atoms. The van der Waals surface area contributed by atoms with Gasteiger partial charge in [0.25, 0.3) is 0 Å². The molecule has 1 aliphatic rings. The van der Waals surface area contributed by atoms with Crippen LogP contribution in [0.4, 0.5) is 11.4 Å². The zero-order valence-electron chi connectivity index (χ0n) is 20.4. The standard InChI is InChI=1S/C28H27N5O2S/c1-28(2,3)20-15-13-19(14-16-20)26-30-31-27(33(26)21-9-5-4-6-10-21)36-18-25(35)32-17-24(34)29-22-11-7-8-12-23(22)32/h4-16H,17-18H2,1-3H3,(H,29,34). The number of nitrogens with one attached hydrogen (secondary N) is 1. The van der Waals surface area contributed by atoms with E-state index in [4.69, 9.17) is 0 Å². The van der Waals surface area contributed by atoms with Crippen LogP contribution < -0.4 is 10.2 Å². The molecule has 0 saturated carbocycles. The van der Waals surface area contributed by atoms with E-state index in [0.717, 1.165) is 11.3 Å². The summed E-state index contributed by atoms with van der Waals surface area (Å²) in [7, 11) is 0. The highest BCUT2D eigenvalue weighted by Crippen LogP contribution is 2.32. The Balaban J connectivity index is 1.44. The maximum Gasteiger partial charge on any atom is 0.244 e. The molecule has 0 radical (unpaired) electrons. The average molecular weight is 498 g/mol. The van der Waals surface area contributed by atoms with E-state index < -0.39 is 0 Å². The second-order valence-corrected chi connectivity index (χ2v) is 10.6. The monoisotopic (exact) mass is 497 g/mol. The van der Waals surface area contributed by atoms with Crippen molar-refractivity contribution in [1.29, 1.82) is 0 Å². The summed E-state index contributed by atoms with van der Waals surface area (Å²) >= 11 is 1.31. The molecule has 36 heavy (non-hydrogen) atoms. The number of benzene rings is 3. The van der Waals surface area contributed by atoms with Gasteiger partial charge in [-0.1, -0.05) is 87.1 Å². The Bertz CT molecular complexity index is 1410. The third-order valence-corrected chi connectivity index (χ3v) is 6.97. The van der Waals surface area contributed by atoms with Crippen molar-refractivity contribution in [3.63, 3.8) is 0 Å². The fourth-order valence-corrected chi connectivity index (χ4v) is 4.97. The molecule has 0 fully saturated rings. The van der Waals surface area contributed by atoms with Crippen molar-refractivity contribution in [3.05, 3.63) is 84.4 Å². The van der Waals surface area contributed by atoms with Gasteiger partial charge in [-0.05, 0) is 35.2 Å². The van der Waals surface area contributed by atoms with E-state index in [-0.39, 0.29) is 29.5 Å². The van der Waals surface area contributed by atoms with Crippen LogP contribution in [0.15, 0.2) is 84.0 Å². The van der Waals surface area contributed by atoms with Crippen molar-refractivity contribution >= 4 is 35.0 Å². The fraction of sp³-hybridized carbons (Fsp3) is 0.214. The molecule has 2 heterocycles. The lowest BCUT2D eigenvalue weighted by atomic mass is 9.87. The van der Waals surface area contributed by atoms with Gasteiger partial charge in [-0.15, -0.1) is 10.2 Å². The molecule has 7 nitrogen and oxygen atoms in total. The average Bonchev–Trinajstić information content (AvgIpc) is 3.31. The molecule has 8 heteroatoms. The Morgan fingerprint density at radius 1 is 0.944 bits per heavy atom. The maximum absolute atomic E-state index is 13.2. The van der Waals surface area contributed by atoms with Crippen molar-refractivity contribution in [2.24, 2.45) is 0 Å². The molecule has 0 aliphatic carbocycles. The van der Waals surface area contributed by atoms with E-state index in [0.29, 0.717) is 22.4 Å². The van der Waals surface area contributed by atoms with Crippen LogP contribution in [-0.4, -0.2) is 38.9 Å². The van der Waals surface area contributed by atoms with Gasteiger partial charge >= 0.3 is 0 Å². The molecule has 4 aromatic rings. The highest BCUT2D eigenvalue weighted by Gasteiger charge is 2.27. The van der Waals surface area contributed by atoms with Crippen LogP contribution in [-0.2, 0) is 15.0 Å². The van der Waals surface area contributed by atoms with Gasteiger partial charge in [-0.25, -0.2) is 0 Å². The number of fused-ring (bicyclic) bond motifs is 1. The van der Waals surface area contributed by atoms with Gasteiger partial charge < -0.3 is 10.2 Å². The Morgan fingerprint density at radius 3 is 2.36 bits per heavy atom. The molecular weight excluding hydrogens is 470 g/mol. The zero-order valence-corrected chi connectivity index (χ0v) is 21.2. The van der Waals surface area contributed by atoms with Crippen molar-refractivity contribution in [2.45, 2.75) is 31.3 Å². The minimum atomic E-state index is -0.208. The number of thioether (sulfide) groups is 1. The predicted octanol–water partition coefficient (Wildman–Crippen LogP) is 5.31. The van der Waals surface area contributed by atoms with Gasteiger partial charge in [-0.2, -0.15) is 0 Å². The van der Waals surface area contributed by atoms with Crippen molar-refractivity contribution in [1.82, 2.24) is 14.8 Å². The molecule has 2 amide bonds. The van der Waals surface area contributed by atoms with Crippen LogP contribution in [0.2, 0.25) is 0 Å². The number of hydrogen-bond donors (Lipinski definition) is 1. The van der Waals surface area contributed by atoms with Crippen molar-refractivity contribution in [3.8, 4) is 17.1 Å². The van der Waals surface area contributed by atoms with Gasteiger partial charge in [0.1, 0.15) is 6.54 Å². The molecule has 182 valence electrons. The topological polar surface area (TPSA) is 80.1 Å². The lowest BCUT2D eigenvalue weighted by Gasteiger charge is -2.29. The Labute approximate surface area is 214 Å². The molecule has 0 saturated heterocycles. The molecule has 1 N–H and O–H groups in total. The van der Waals surface area contributed by atoms with Crippen LogP contribution in [0.3, 0.4) is 0 Å². The van der Waals surface area contributed by atoms with Crippen LogP contribution in [0.1, 0.15) is 26.3 Å². The molecule has 5 rings (SSSR count). The summed E-state index contributed by atoms with van der Waals surface area (Å²) in [5.41, 5.74) is 4.49. The number of anilines is 2. The van der Waals surface area contributed by atoms with Crippen molar-refractivity contribution in [2.75, 3.05) is 22.5 Å². The van der Waals surface area contributed by atoms with Gasteiger partial charge in [0.15, 0.2) is 11.0 Å². The molecular formula is C28H27N5O2S. The first kappa shape index (κ1) is 23.8. The Morgan fingerprint density at radius 2 is 1.64 bits per heavy atom. The summed E-state index contributed by atoms with van der Waals surface area (Å²) in [6, 6.07) is 25.6. The molecule has 1 aliphatic heterocycles. The van der Waals surface area contributed by atoms with Crippen LogP contribution in [0.25, 0.3) is 17.1 Å². The highest BCUT2D eigenvalue weighted by atomic mass is 32.2. The lowest BCUT2D eigenvalue weighted by Crippen LogP contribution is -2.43. The van der Waals surface area contributed by atoms with Gasteiger partial charge in [0.2, 0.25) is 11.8 Å². The highest BCUT2D eigenvalue weighted by molar-refractivity contribution is 7.99. The summed E-state index contributed by atoms with van der Waals surface area (Å²) in [6.45, 7) is 6.55. The first-order valence-corrected chi connectivity index (χ1v) is 12.7. The summed E-state index contributed by atoms with van der Waals surface area (Å²) in [6.07, 6.45) is 0. The number of rotatable bonds is 5. The van der Waals surface area contributed by atoms with Crippen LogP contribution >= 0.6 is 11.8 Å². The van der Waals surface area contributed by atoms with Crippen LogP contribution in [0, 0.1) is 0 Å². The number of carbonyl (C=O) groups is 2. The normalized spacial score (nSPS) is 13.3. The number of nitrogens with zero attached hydrogens (tertiary/aromatic N) is 4.